The minimum absolute atomic E-state index is 0.0245. The van der Waals surface area contributed by atoms with Crippen LogP contribution in [0.4, 0.5) is 0 Å². The first-order valence-electron chi connectivity index (χ1n) is 7.39. The molecular weight excluding hydrogens is 328 g/mol. The summed E-state index contributed by atoms with van der Waals surface area (Å²) in [5.74, 6) is 0. The van der Waals surface area contributed by atoms with Gasteiger partial charge in [-0.2, -0.15) is 0 Å². The Morgan fingerprint density at radius 3 is 2.62 bits per heavy atom. The van der Waals surface area contributed by atoms with Gasteiger partial charge in [0.05, 0.1) is 6.61 Å². The van der Waals surface area contributed by atoms with E-state index < -0.39 is 0 Å². The SMILES string of the molecule is Brc1cccc(-c2ccc(COC3CCCCO3)cc2)c1. The van der Waals surface area contributed by atoms with Crippen LogP contribution >= 0.6 is 15.9 Å². The number of ether oxygens (including phenoxy) is 2. The zero-order valence-corrected chi connectivity index (χ0v) is 13.5. The summed E-state index contributed by atoms with van der Waals surface area (Å²) in [7, 11) is 0. The summed E-state index contributed by atoms with van der Waals surface area (Å²) < 4.78 is 12.5. The second-order valence-corrected chi connectivity index (χ2v) is 6.23. The van der Waals surface area contributed by atoms with E-state index in [9.17, 15) is 0 Å². The van der Waals surface area contributed by atoms with Crippen LogP contribution < -0.4 is 0 Å². The lowest BCUT2D eigenvalue weighted by molar-refractivity contribution is -0.168. The maximum absolute atomic E-state index is 5.80. The summed E-state index contributed by atoms with van der Waals surface area (Å²) in [5.41, 5.74) is 3.62. The Hall–Kier alpha value is -1.16. The van der Waals surface area contributed by atoms with Gasteiger partial charge in [0.15, 0.2) is 6.29 Å². The Labute approximate surface area is 134 Å². The van der Waals surface area contributed by atoms with E-state index in [1.165, 1.54) is 23.1 Å². The summed E-state index contributed by atoms with van der Waals surface area (Å²) in [6.07, 6.45) is 3.34. The highest BCUT2D eigenvalue weighted by Crippen LogP contribution is 2.24. The minimum atomic E-state index is -0.0245. The van der Waals surface area contributed by atoms with E-state index in [1.807, 2.05) is 6.07 Å². The fraction of sp³-hybridized carbons (Fsp3) is 0.333. The molecule has 1 atom stereocenters. The Bertz CT molecular complexity index is 574. The summed E-state index contributed by atoms with van der Waals surface area (Å²) in [4.78, 5) is 0. The molecule has 1 unspecified atom stereocenters. The van der Waals surface area contributed by atoms with Crippen LogP contribution in [0.1, 0.15) is 24.8 Å². The summed E-state index contributed by atoms with van der Waals surface area (Å²) in [6.45, 7) is 1.44. The summed E-state index contributed by atoms with van der Waals surface area (Å²) in [6, 6.07) is 16.9. The molecule has 2 nitrogen and oxygen atoms in total. The maximum atomic E-state index is 5.80. The third-order valence-electron chi connectivity index (χ3n) is 3.69. The Kier molecular flexibility index (Phi) is 5.07. The molecule has 3 heteroatoms. The van der Waals surface area contributed by atoms with Crippen molar-refractivity contribution in [3.8, 4) is 11.1 Å². The van der Waals surface area contributed by atoms with Crippen molar-refractivity contribution in [3.05, 3.63) is 58.6 Å². The second kappa shape index (κ2) is 7.21. The van der Waals surface area contributed by atoms with E-state index in [2.05, 4.69) is 58.4 Å². The molecule has 110 valence electrons. The molecular formula is C18H19BrO2. The Morgan fingerprint density at radius 2 is 1.90 bits per heavy atom. The lowest BCUT2D eigenvalue weighted by Gasteiger charge is -2.22. The van der Waals surface area contributed by atoms with Crippen molar-refractivity contribution in [2.24, 2.45) is 0 Å². The highest BCUT2D eigenvalue weighted by atomic mass is 79.9. The molecule has 0 aromatic heterocycles. The number of halogens is 1. The van der Waals surface area contributed by atoms with Gasteiger partial charge in [-0.05, 0) is 48.1 Å². The lowest BCUT2D eigenvalue weighted by atomic mass is 10.0. The molecule has 1 aliphatic rings. The molecule has 1 heterocycles. The molecule has 0 spiro atoms. The van der Waals surface area contributed by atoms with Crippen molar-refractivity contribution in [3.63, 3.8) is 0 Å². The molecule has 1 aliphatic heterocycles. The molecule has 1 fully saturated rings. The van der Waals surface area contributed by atoms with E-state index in [1.54, 1.807) is 0 Å². The molecule has 0 N–H and O–H groups in total. The van der Waals surface area contributed by atoms with Crippen molar-refractivity contribution >= 4 is 15.9 Å². The van der Waals surface area contributed by atoms with Gasteiger partial charge >= 0.3 is 0 Å². The van der Waals surface area contributed by atoms with Crippen molar-refractivity contribution in [2.45, 2.75) is 32.2 Å². The molecule has 0 radical (unpaired) electrons. The normalized spacial score (nSPS) is 18.6. The van der Waals surface area contributed by atoms with Gasteiger partial charge in [0, 0.05) is 11.1 Å². The third kappa shape index (κ3) is 4.16. The van der Waals surface area contributed by atoms with Crippen LogP contribution in [0, 0.1) is 0 Å². The highest BCUT2D eigenvalue weighted by molar-refractivity contribution is 9.10. The smallest absolute Gasteiger partial charge is 0.158 e. The largest absolute Gasteiger partial charge is 0.353 e. The molecule has 2 aromatic rings. The molecule has 3 rings (SSSR count). The molecule has 0 bridgehead atoms. The number of rotatable bonds is 4. The summed E-state index contributed by atoms with van der Waals surface area (Å²) in [5, 5.41) is 0. The van der Waals surface area contributed by atoms with Gasteiger partial charge in [-0.1, -0.05) is 52.3 Å². The van der Waals surface area contributed by atoms with Crippen molar-refractivity contribution < 1.29 is 9.47 Å². The van der Waals surface area contributed by atoms with Gasteiger partial charge in [0.2, 0.25) is 0 Å². The van der Waals surface area contributed by atoms with E-state index in [0.717, 1.165) is 23.9 Å². The van der Waals surface area contributed by atoms with Crippen molar-refractivity contribution in [2.75, 3.05) is 6.61 Å². The number of benzene rings is 2. The monoisotopic (exact) mass is 346 g/mol. The molecule has 0 saturated carbocycles. The minimum Gasteiger partial charge on any atom is -0.353 e. The van der Waals surface area contributed by atoms with Gasteiger partial charge in [-0.25, -0.2) is 0 Å². The Balaban J connectivity index is 1.61. The predicted molar refractivity (Wildman–Crippen MR) is 88.0 cm³/mol. The van der Waals surface area contributed by atoms with E-state index in [-0.39, 0.29) is 6.29 Å². The van der Waals surface area contributed by atoms with Gasteiger partial charge in [-0.3, -0.25) is 0 Å². The molecule has 0 aliphatic carbocycles. The van der Waals surface area contributed by atoms with Crippen LogP contribution in [0.5, 0.6) is 0 Å². The molecule has 2 aromatic carbocycles. The fourth-order valence-corrected chi connectivity index (χ4v) is 2.89. The van der Waals surface area contributed by atoms with Gasteiger partial charge < -0.3 is 9.47 Å². The molecule has 21 heavy (non-hydrogen) atoms. The second-order valence-electron chi connectivity index (χ2n) is 5.31. The first-order chi connectivity index (χ1) is 10.3. The zero-order chi connectivity index (χ0) is 14.5. The van der Waals surface area contributed by atoms with E-state index in [0.29, 0.717) is 6.61 Å². The molecule has 1 saturated heterocycles. The number of hydrogen-bond acceptors (Lipinski definition) is 2. The van der Waals surface area contributed by atoms with E-state index in [4.69, 9.17) is 9.47 Å². The quantitative estimate of drug-likeness (QED) is 0.761. The average molecular weight is 347 g/mol. The van der Waals surface area contributed by atoms with Crippen LogP contribution in [0.3, 0.4) is 0 Å². The molecule has 0 amide bonds. The topological polar surface area (TPSA) is 18.5 Å². The van der Waals surface area contributed by atoms with Crippen LogP contribution in [-0.2, 0) is 16.1 Å². The zero-order valence-electron chi connectivity index (χ0n) is 11.9. The van der Waals surface area contributed by atoms with Gasteiger partial charge in [0.25, 0.3) is 0 Å². The van der Waals surface area contributed by atoms with Crippen LogP contribution in [0.15, 0.2) is 53.0 Å². The average Bonchev–Trinajstić information content (AvgIpc) is 2.54. The van der Waals surface area contributed by atoms with Crippen LogP contribution in [0.2, 0.25) is 0 Å². The summed E-state index contributed by atoms with van der Waals surface area (Å²) >= 11 is 3.51. The highest BCUT2D eigenvalue weighted by Gasteiger charge is 2.13. The third-order valence-corrected chi connectivity index (χ3v) is 4.18. The maximum Gasteiger partial charge on any atom is 0.158 e. The van der Waals surface area contributed by atoms with Crippen molar-refractivity contribution in [1.29, 1.82) is 0 Å². The fourth-order valence-electron chi connectivity index (χ4n) is 2.49. The van der Waals surface area contributed by atoms with Crippen molar-refractivity contribution in [1.82, 2.24) is 0 Å². The standard InChI is InChI=1S/C18H19BrO2/c19-17-5-3-4-16(12-17)15-9-7-14(8-10-15)13-21-18-6-1-2-11-20-18/h3-5,7-10,12,18H,1-2,6,11,13H2. The Morgan fingerprint density at radius 1 is 1.05 bits per heavy atom. The van der Waals surface area contributed by atoms with Gasteiger partial charge in [-0.15, -0.1) is 0 Å². The number of hydrogen-bond donors (Lipinski definition) is 0. The van der Waals surface area contributed by atoms with Gasteiger partial charge in [0.1, 0.15) is 0 Å². The van der Waals surface area contributed by atoms with Crippen LogP contribution in [0.25, 0.3) is 11.1 Å². The first kappa shape index (κ1) is 14.8. The first-order valence-corrected chi connectivity index (χ1v) is 8.19. The van der Waals surface area contributed by atoms with Crippen LogP contribution in [-0.4, -0.2) is 12.9 Å². The lowest BCUT2D eigenvalue weighted by Crippen LogP contribution is -2.21. The predicted octanol–water partition coefficient (Wildman–Crippen LogP) is 5.16. The van der Waals surface area contributed by atoms with E-state index >= 15 is 0 Å².